The molecule has 23 heavy (non-hydrogen) atoms. The van der Waals surface area contributed by atoms with E-state index in [4.69, 9.17) is 0 Å². The molecular formula is C18H22N2O3. The molecule has 0 aliphatic rings. The minimum atomic E-state index is -0.852. The molecule has 0 aliphatic heterocycles. The lowest BCUT2D eigenvalue weighted by molar-refractivity contribution is 0.0634. The summed E-state index contributed by atoms with van der Waals surface area (Å²) >= 11 is 0. The van der Waals surface area contributed by atoms with Gasteiger partial charge in [0.15, 0.2) is 0 Å². The third-order valence-electron chi connectivity index (χ3n) is 3.65. The van der Waals surface area contributed by atoms with Crippen molar-refractivity contribution < 1.29 is 15.0 Å². The summed E-state index contributed by atoms with van der Waals surface area (Å²) in [7, 11) is 0. The fourth-order valence-electron chi connectivity index (χ4n) is 2.54. The summed E-state index contributed by atoms with van der Waals surface area (Å²) in [5.74, 6) is -0.0448. The monoisotopic (exact) mass is 314 g/mol. The standard InChI is InChI=1S/C18H22N2O3/c1-4-20(11-17(22)14-6-5-7-16(21)10-14)18(23)15-8-12(2)19-13(3)9-15/h5-10,17,21-22H,4,11H2,1-3H3/t17-/m1/s1. The van der Waals surface area contributed by atoms with Gasteiger partial charge in [0.1, 0.15) is 5.75 Å². The average molecular weight is 314 g/mol. The molecule has 1 aromatic heterocycles. The zero-order chi connectivity index (χ0) is 17.0. The summed E-state index contributed by atoms with van der Waals surface area (Å²) in [4.78, 5) is 18.5. The number of aromatic hydroxyl groups is 1. The van der Waals surface area contributed by atoms with Crippen LogP contribution in [-0.2, 0) is 0 Å². The molecule has 0 bridgehead atoms. The first-order valence-corrected chi connectivity index (χ1v) is 7.62. The number of aliphatic hydroxyl groups excluding tert-OH is 1. The second kappa shape index (κ2) is 7.24. The minimum Gasteiger partial charge on any atom is -0.508 e. The molecule has 0 spiro atoms. The van der Waals surface area contributed by atoms with E-state index < -0.39 is 6.10 Å². The zero-order valence-corrected chi connectivity index (χ0v) is 13.7. The molecule has 0 saturated carbocycles. The Labute approximate surface area is 136 Å². The smallest absolute Gasteiger partial charge is 0.254 e. The lowest BCUT2D eigenvalue weighted by atomic mass is 10.1. The highest BCUT2D eigenvalue weighted by atomic mass is 16.3. The number of hydrogen-bond donors (Lipinski definition) is 2. The van der Waals surface area contributed by atoms with Gasteiger partial charge in [-0.3, -0.25) is 9.78 Å². The first-order valence-electron chi connectivity index (χ1n) is 7.62. The van der Waals surface area contributed by atoms with E-state index in [-0.39, 0.29) is 18.2 Å². The summed E-state index contributed by atoms with van der Waals surface area (Å²) in [5, 5.41) is 19.8. The number of aromatic nitrogens is 1. The number of nitrogens with zero attached hydrogens (tertiary/aromatic N) is 2. The zero-order valence-electron chi connectivity index (χ0n) is 13.7. The van der Waals surface area contributed by atoms with Crippen LogP contribution in [0.15, 0.2) is 36.4 Å². The van der Waals surface area contributed by atoms with Crippen LogP contribution < -0.4 is 0 Å². The number of carbonyl (C=O) groups is 1. The molecule has 1 amide bonds. The van der Waals surface area contributed by atoms with Crippen LogP contribution in [0.5, 0.6) is 5.75 Å². The molecular weight excluding hydrogens is 292 g/mol. The Balaban J connectivity index is 2.17. The molecule has 0 aliphatic carbocycles. The molecule has 2 N–H and O–H groups in total. The number of pyridine rings is 1. The van der Waals surface area contributed by atoms with E-state index >= 15 is 0 Å². The topological polar surface area (TPSA) is 73.7 Å². The summed E-state index contributed by atoms with van der Waals surface area (Å²) in [6.07, 6.45) is -0.852. The Morgan fingerprint density at radius 2 is 1.87 bits per heavy atom. The Bertz CT molecular complexity index is 680. The highest BCUT2D eigenvalue weighted by molar-refractivity contribution is 5.94. The molecule has 0 unspecified atom stereocenters. The van der Waals surface area contributed by atoms with Crippen molar-refractivity contribution in [3.63, 3.8) is 0 Å². The van der Waals surface area contributed by atoms with Crippen molar-refractivity contribution >= 4 is 5.91 Å². The molecule has 0 radical (unpaired) electrons. The first kappa shape index (κ1) is 17.0. The fourth-order valence-corrected chi connectivity index (χ4v) is 2.54. The van der Waals surface area contributed by atoms with E-state index in [2.05, 4.69) is 4.98 Å². The van der Waals surface area contributed by atoms with Crippen molar-refractivity contribution in [1.82, 2.24) is 9.88 Å². The third kappa shape index (κ3) is 4.29. The molecule has 2 rings (SSSR count). The average Bonchev–Trinajstić information content (AvgIpc) is 2.50. The summed E-state index contributed by atoms with van der Waals surface area (Å²) < 4.78 is 0. The number of aliphatic hydroxyl groups is 1. The van der Waals surface area contributed by atoms with E-state index in [1.165, 1.54) is 6.07 Å². The molecule has 2 aromatic rings. The molecule has 0 saturated heterocycles. The number of hydrogen-bond acceptors (Lipinski definition) is 4. The lowest BCUT2D eigenvalue weighted by Gasteiger charge is -2.24. The van der Waals surface area contributed by atoms with Gasteiger partial charge >= 0.3 is 0 Å². The van der Waals surface area contributed by atoms with Crippen LogP contribution >= 0.6 is 0 Å². The van der Waals surface area contributed by atoms with Crippen molar-refractivity contribution in [3.8, 4) is 5.75 Å². The predicted molar refractivity (Wildman–Crippen MR) is 88.4 cm³/mol. The van der Waals surface area contributed by atoms with Crippen molar-refractivity contribution in [1.29, 1.82) is 0 Å². The first-order chi connectivity index (χ1) is 10.9. The molecule has 0 fully saturated rings. The number of rotatable bonds is 5. The van der Waals surface area contributed by atoms with Gasteiger partial charge in [0, 0.05) is 23.5 Å². The minimum absolute atomic E-state index is 0.0938. The lowest BCUT2D eigenvalue weighted by Crippen LogP contribution is -2.34. The molecule has 1 atom stereocenters. The van der Waals surface area contributed by atoms with Crippen LogP contribution in [-0.4, -0.2) is 39.1 Å². The van der Waals surface area contributed by atoms with Gasteiger partial charge in [-0.1, -0.05) is 12.1 Å². The second-order valence-electron chi connectivity index (χ2n) is 5.59. The van der Waals surface area contributed by atoms with Crippen LogP contribution in [0.25, 0.3) is 0 Å². The Morgan fingerprint density at radius 3 is 2.43 bits per heavy atom. The maximum atomic E-state index is 12.7. The van der Waals surface area contributed by atoms with Gasteiger partial charge in [-0.15, -0.1) is 0 Å². The van der Waals surface area contributed by atoms with Crippen molar-refractivity contribution in [3.05, 3.63) is 58.9 Å². The maximum Gasteiger partial charge on any atom is 0.254 e. The molecule has 5 heteroatoms. The number of carbonyl (C=O) groups excluding carboxylic acids is 1. The van der Waals surface area contributed by atoms with Crippen LogP contribution in [0.1, 0.15) is 40.3 Å². The number of likely N-dealkylation sites (N-methyl/N-ethyl adjacent to an activating group) is 1. The largest absolute Gasteiger partial charge is 0.508 e. The van der Waals surface area contributed by atoms with E-state index in [0.29, 0.717) is 17.7 Å². The number of aryl methyl sites for hydroxylation is 2. The predicted octanol–water partition coefficient (Wildman–Crippen LogP) is 2.60. The van der Waals surface area contributed by atoms with E-state index in [0.717, 1.165) is 11.4 Å². The summed E-state index contributed by atoms with van der Waals surface area (Å²) in [6.45, 7) is 6.21. The molecule has 122 valence electrons. The van der Waals surface area contributed by atoms with E-state index in [1.54, 1.807) is 35.2 Å². The highest BCUT2D eigenvalue weighted by Gasteiger charge is 2.19. The van der Waals surface area contributed by atoms with Crippen LogP contribution in [0.4, 0.5) is 0 Å². The van der Waals surface area contributed by atoms with Crippen LogP contribution in [0, 0.1) is 13.8 Å². The SMILES string of the molecule is CCN(C[C@@H](O)c1cccc(O)c1)C(=O)c1cc(C)nc(C)c1. The molecule has 5 nitrogen and oxygen atoms in total. The fraction of sp³-hybridized carbons (Fsp3) is 0.333. The van der Waals surface area contributed by atoms with Gasteiger partial charge in [-0.2, -0.15) is 0 Å². The Morgan fingerprint density at radius 1 is 1.22 bits per heavy atom. The van der Waals surface area contributed by atoms with Gasteiger partial charge in [0.2, 0.25) is 0 Å². The third-order valence-corrected chi connectivity index (χ3v) is 3.65. The summed E-state index contributed by atoms with van der Waals surface area (Å²) in [6, 6.07) is 9.94. The van der Waals surface area contributed by atoms with Crippen molar-refractivity contribution in [2.75, 3.05) is 13.1 Å². The number of amides is 1. The molecule has 1 aromatic carbocycles. The van der Waals surface area contributed by atoms with Gasteiger partial charge in [-0.05, 0) is 50.6 Å². The Kier molecular flexibility index (Phi) is 5.34. The number of phenolic OH excluding ortho intramolecular Hbond substituents is 1. The van der Waals surface area contributed by atoms with E-state index in [9.17, 15) is 15.0 Å². The van der Waals surface area contributed by atoms with Crippen molar-refractivity contribution in [2.24, 2.45) is 0 Å². The molecule has 1 heterocycles. The van der Waals surface area contributed by atoms with E-state index in [1.807, 2.05) is 20.8 Å². The van der Waals surface area contributed by atoms with Gasteiger partial charge in [0.25, 0.3) is 5.91 Å². The number of phenols is 1. The van der Waals surface area contributed by atoms with Crippen molar-refractivity contribution in [2.45, 2.75) is 26.9 Å². The Hall–Kier alpha value is -2.40. The quantitative estimate of drug-likeness (QED) is 0.889. The number of benzene rings is 1. The van der Waals surface area contributed by atoms with Gasteiger partial charge < -0.3 is 15.1 Å². The second-order valence-corrected chi connectivity index (χ2v) is 5.59. The van der Waals surface area contributed by atoms with Crippen LogP contribution in [0.3, 0.4) is 0 Å². The summed E-state index contributed by atoms with van der Waals surface area (Å²) in [5.41, 5.74) is 2.73. The van der Waals surface area contributed by atoms with Gasteiger partial charge in [0.05, 0.1) is 12.6 Å². The van der Waals surface area contributed by atoms with Gasteiger partial charge in [-0.25, -0.2) is 0 Å². The normalized spacial score (nSPS) is 12.0. The maximum absolute atomic E-state index is 12.7. The van der Waals surface area contributed by atoms with Crippen LogP contribution in [0.2, 0.25) is 0 Å². The highest BCUT2D eigenvalue weighted by Crippen LogP contribution is 2.20.